The highest BCUT2D eigenvalue weighted by atomic mass is 19.1. The monoisotopic (exact) mass is 476 g/mol. The molecule has 2 aliphatic rings. The van der Waals surface area contributed by atoms with Gasteiger partial charge in [-0.15, -0.1) is 0 Å². The smallest absolute Gasteiger partial charge is 0.230 e. The van der Waals surface area contributed by atoms with E-state index in [0.29, 0.717) is 24.5 Å². The molecular formula is C26H29FN6O2. The van der Waals surface area contributed by atoms with E-state index in [1.54, 1.807) is 6.92 Å². The summed E-state index contributed by atoms with van der Waals surface area (Å²) in [5.41, 5.74) is 4.12. The third-order valence-electron chi connectivity index (χ3n) is 7.21. The minimum absolute atomic E-state index is 0.0968. The molecule has 0 radical (unpaired) electrons. The van der Waals surface area contributed by atoms with Crippen LogP contribution in [0.4, 0.5) is 10.2 Å². The average molecular weight is 477 g/mol. The molecule has 0 aliphatic carbocycles. The molecule has 0 saturated carbocycles. The van der Waals surface area contributed by atoms with Crippen molar-refractivity contribution >= 4 is 11.7 Å². The zero-order valence-electron chi connectivity index (χ0n) is 20.4. The molecule has 1 saturated heterocycles. The first-order valence-corrected chi connectivity index (χ1v) is 11.8. The number of methoxy groups -OCH3 is 1. The molecule has 8 nitrogen and oxygen atoms in total. The fourth-order valence-electron chi connectivity index (χ4n) is 5.11. The van der Waals surface area contributed by atoms with Crippen molar-refractivity contribution in [2.24, 2.45) is 0 Å². The topological polar surface area (TPSA) is 93.1 Å². The van der Waals surface area contributed by atoms with Gasteiger partial charge in [-0.25, -0.2) is 24.3 Å². The average Bonchev–Trinajstić information content (AvgIpc) is 3.27. The molecule has 182 valence electrons. The summed E-state index contributed by atoms with van der Waals surface area (Å²) in [6, 6.07) is 3.67. The molecule has 2 aliphatic heterocycles. The number of anilines is 1. The molecule has 1 amide bonds. The van der Waals surface area contributed by atoms with Gasteiger partial charge in [0.1, 0.15) is 17.5 Å². The number of nitrogens with one attached hydrogen (secondary N) is 1. The van der Waals surface area contributed by atoms with Gasteiger partial charge in [0.15, 0.2) is 0 Å². The van der Waals surface area contributed by atoms with Gasteiger partial charge in [0.05, 0.1) is 24.8 Å². The van der Waals surface area contributed by atoms with E-state index in [1.165, 1.54) is 13.2 Å². The molecule has 5 heterocycles. The first-order chi connectivity index (χ1) is 16.8. The Morgan fingerprint density at radius 2 is 1.94 bits per heavy atom. The summed E-state index contributed by atoms with van der Waals surface area (Å²) < 4.78 is 19.5. The van der Waals surface area contributed by atoms with Gasteiger partial charge in [0.2, 0.25) is 11.8 Å². The zero-order chi connectivity index (χ0) is 24.7. The molecular weight excluding hydrogens is 447 g/mol. The largest absolute Gasteiger partial charge is 0.481 e. The minimum Gasteiger partial charge on any atom is -0.481 e. The van der Waals surface area contributed by atoms with Crippen LogP contribution < -0.4 is 10.1 Å². The van der Waals surface area contributed by atoms with E-state index in [4.69, 9.17) is 9.72 Å². The van der Waals surface area contributed by atoms with Crippen LogP contribution in [0.5, 0.6) is 5.88 Å². The Balaban J connectivity index is 1.33. The predicted molar refractivity (Wildman–Crippen MR) is 130 cm³/mol. The van der Waals surface area contributed by atoms with Crippen LogP contribution in [0.3, 0.4) is 0 Å². The maximum absolute atomic E-state index is 14.4. The standard InChI is InChI=1S/C26H29FN6O2/c1-15(20-10-23(35-4)30-13-22(20)27)25(34)33-8-7-26(14-33)6-5-18-9-21(16(2)31-24(18)32-26)19-11-28-17(3)29-12-19/h9-13,15H,5-8,14H2,1-4H3,(H,31,32)/t15-,26+/m1/s1. The number of halogens is 1. The lowest BCUT2D eigenvalue weighted by Gasteiger charge is -2.36. The second kappa shape index (κ2) is 8.87. The molecule has 3 aromatic rings. The van der Waals surface area contributed by atoms with Gasteiger partial charge in [-0.3, -0.25) is 4.79 Å². The Hall–Kier alpha value is -3.62. The summed E-state index contributed by atoms with van der Waals surface area (Å²) in [4.78, 5) is 32.5. The van der Waals surface area contributed by atoms with Crippen LogP contribution in [0.2, 0.25) is 0 Å². The minimum atomic E-state index is -0.627. The first-order valence-electron chi connectivity index (χ1n) is 11.8. The third-order valence-corrected chi connectivity index (χ3v) is 7.21. The third kappa shape index (κ3) is 4.31. The number of ether oxygens (including phenoxy) is 1. The van der Waals surface area contributed by atoms with Crippen LogP contribution in [0.25, 0.3) is 11.1 Å². The van der Waals surface area contributed by atoms with Crippen molar-refractivity contribution in [1.29, 1.82) is 0 Å². The summed E-state index contributed by atoms with van der Waals surface area (Å²) in [6.07, 6.45) is 7.35. The molecule has 35 heavy (non-hydrogen) atoms. The van der Waals surface area contributed by atoms with Crippen LogP contribution >= 0.6 is 0 Å². The van der Waals surface area contributed by atoms with Crippen molar-refractivity contribution in [3.8, 4) is 17.0 Å². The van der Waals surface area contributed by atoms with E-state index in [2.05, 4.69) is 26.3 Å². The number of fused-ring (bicyclic) bond motifs is 1. The fraction of sp³-hybridized carbons (Fsp3) is 0.423. The summed E-state index contributed by atoms with van der Waals surface area (Å²) in [5.74, 6) is 0.680. The van der Waals surface area contributed by atoms with E-state index in [1.807, 2.05) is 31.1 Å². The van der Waals surface area contributed by atoms with Gasteiger partial charge in [-0.05, 0) is 51.7 Å². The van der Waals surface area contributed by atoms with Crippen molar-refractivity contribution in [1.82, 2.24) is 24.8 Å². The van der Waals surface area contributed by atoms with Crippen LogP contribution in [-0.4, -0.2) is 56.5 Å². The lowest BCUT2D eigenvalue weighted by atomic mass is 9.86. The van der Waals surface area contributed by atoms with Gasteiger partial charge >= 0.3 is 0 Å². The number of rotatable bonds is 4. The number of nitrogens with zero attached hydrogens (tertiary/aromatic N) is 5. The van der Waals surface area contributed by atoms with Crippen molar-refractivity contribution in [3.05, 3.63) is 59.2 Å². The number of hydrogen-bond acceptors (Lipinski definition) is 7. The van der Waals surface area contributed by atoms with Gasteiger partial charge in [-0.2, -0.15) is 0 Å². The molecule has 0 bridgehead atoms. The molecule has 1 N–H and O–H groups in total. The van der Waals surface area contributed by atoms with E-state index >= 15 is 0 Å². The molecule has 0 aromatic carbocycles. The van der Waals surface area contributed by atoms with Gasteiger partial charge in [-0.1, -0.05) is 0 Å². The van der Waals surface area contributed by atoms with Crippen molar-refractivity contribution < 1.29 is 13.9 Å². The maximum Gasteiger partial charge on any atom is 0.230 e. The lowest BCUT2D eigenvalue weighted by molar-refractivity contribution is -0.131. The lowest BCUT2D eigenvalue weighted by Crippen LogP contribution is -2.46. The number of pyridine rings is 2. The predicted octanol–water partition coefficient (Wildman–Crippen LogP) is 3.83. The van der Waals surface area contributed by atoms with E-state index in [0.717, 1.165) is 59.5 Å². The number of aromatic nitrogens is 4. The van der Waals surface area contributed by atoms with Crippen LogP contribution in [0.1, 0.15) is 48.3 Å². The Labute approximate surface area is 204 Å². The molecule has 2 atom stereocenters. The zero-order valence-corrected chi connectivity index (χ0v) is 20.4. The number of amides is 1. The molecule has 0 unspecified atom stereocenters. The SMILES string of the molecule is COc1cc([C@@H](C)C(=O)N2CC[C@@]3(CCc4cc(-c5cnc(C)nc5)c(C)nc4N3)C2)c(F)cn1. The van der Waals surface area contributed by atoms with E-state index in [-0.39, 0.29) is 11.4 Å². The number of carbonyl (C=O) groups excluding carboxylic acids is 1. The van der Waals surface area contributed by atoms with Crippen LogP contribution in [0.15, 0.2) is 30.7 Å². The quantitative estimate of drug-likeness (QED) is 0.612. The first kappa shape index (κ1) is 23.1. The van der Waals surface area contributed by atoms with Gasteiger partial charge in [0, 0.05) is 53.9 Å². The Morgan fingerprint density at radius 3 is 2.69 bits per heavy atom. The number of carbonyl (C=O) groups is 1. The number of aryl methyl sites for hydroxylation is 3. The molecule has 3 aromatic heterocycles. The van der Waals surface area contributed by atoms with Crippen molar-refractivity contribution in [3.63, 3.8) is 0 Å². The summed E-state index contributed by atoms with van der Waals surface area (Å²) >= 11 is 0. The van der Waals surface area contributed by atoms with Crippen LogP contribution in [-0.2, 0) is 11.2 Å². The molecule has 1 fully saturated rings. The van der Waals surface area contributed by atoms with Crippen molar-refractivity contribution in [2.75, 3.05) is 25.5 Å². The van der Waals surface area contributed by atoms with Crippen LogP contribution in [0, 0.1) is 19.7 Å². The normalized spacial score (nSPS) is 19.9. The summed E-state index contributed by atoms with van der Waals surface area (Å²) in [6.45, 7) is 6.77. The van der Waals surface area contributed by atoms with Gasteiger partial charge in [0.25, 0.3) is 0 Å². The Morgan fingerprint density at radius 1 is 1.17 bits per heavy atom. The number of hydrogen-bond donors (Lipinski definition) is 1. The fourth-order valence-corrected chi connectivity index (χ4v) is 5.11. The Bertz CT molecular complexity index is 1280. The summed E-state index contributed by atoms with van der Waals surface area (Å²) in [5, 5.41) is 3.65. The van der Waals surface area contributed by atoms with Crippen molar-refractivity contribution in [2.45, 2.75) is 51.5 Å². The second-order valence-corrected chi connectivity index (χ2v) is 9.53. The van der Waals surface area contributed by atoms with E-state index < -0.39 is 11.7 Å². The maximum atomic E-state index is 14.4. The van der Waals surface area contributed by atoms with E-state index in [9.17, 15) is 9.18 Å². The second-order valence-electron chi connectivity index (χ2n) is 9.53. The Kier molecular flexibility index (Phi) is 5.86. The highest BCUT2D eigenvalue weighted by Gasteiger charge is 2.43. The highest BCUT2D eigenvalue weighted by Crippen LogP contribution is 2.39. The summed E-state index contributed by atoms with van der Waals surface area (Å²) in [7, 11) is 1.47. The molecule has 9 heteroatoms. The van der Waals surface area contributed by atoms with Gasteiger partial charge < -0.3 is 15.0 Å². The molecule has 1 spiro atoms. The molecule has 5 rings (SSSR count). The number of likely N-dealkylation sites (tertiary alicyclic amines) is 1. The highest BCUT2D eigenvalue weighted by molar-refractivity contribution is 5.84.